The molecule has 0 saturated carbocycles. The Morgan fingerprint density at radius 1 is 1.60 bits per heavy atom. The zero-order valence-corrected chi connectivity index (χ0v) is 6.52. The molecule has 1 rings (SSSR count). The molecule has 1 nitrogen and oxygen atoms in total. The minimum absolute atomic E-state index is 0.791. The number of carbonyl (C=O) groups excluding carboxylic acids is 1. The number of aldehydes is 1. The SMILES string of the molecule is Cc1ccsc1C=CC=O. The van der Waals surface area contributed by atoms with Crippen molar-refractivity contribution in [1.29, 1.82) is 0 Å². The Balaban J connectivity index is 2.83. The Morgan fingerprint density at radius 3 is 2.90 bits per heavy atom. The van der Waals surface area contributed by atoms with Gasteiger partial charge in [-0.1, -0.05) is 0 Å². The van der Waals surface area contributed by atoms with Crippen LogP contribution in [0.25, 0.3) is 6.08 Å². The third kappa shape index (κ3) is 1.54. The Hall–Kier alpha value is -0.890. The number of allylic oxidation sites excluding steroid dienone is 1. The van der Waals surface area contributed by atoms with Crippen molar-refractivity contribution in [2.24, 2.45) is 0 Å². The van der Waals surface area contributed by atoms with E-state index in [4.69, 9.17) is 0 Å². The summed E-state index contributed by atoms with van der Waals surface area (Å²) in [6, 6.07) is 2.04. The normalized spacial score (nSPS) is 10.5. The van der Waals surface area contributed by atoms with E-state index in [1.54, 1.807) is 11.3 Å². The summed E-state index contributed by atoms with van der Waals surface area (Å²) >= 11 is 1.64. The maximum absolute atomic E-state index is 9.93. The summed E-state index contributed by atoms with van der Waals surface area (Å²) in [5.74, 6) is 0. The highest BCUT2D eigenvalue weighted by Gasteiger charge is 1.91. The van der Waals surface area contributed by atoms with Gasteiger partial charge in [-0.2, -0.15) is 0 Å². The molecular weight excluding hydrogens is 144 g/mol. The van der Waals surface area contributed by atoms with E-state index in [-0.39, 0.29) is 0 Å². The average molecular weight is 152 g/mol. The molecule has 0 saturated heterocycles. The molecule has 10 heavy (non-hydrogen) atoms. The molecule has 0 unspecified atom stereocenters. The molecule has 1 heterocycles. The van der Waals surface area contributed by atoms with Crippen LogP contribution in [0.5, 0.6) is 0 Å². The number of hydrogen-bond acceptors (Lipinski definition) is 2. The highest BCUT2D eigenvalue weighted by Crippen LogP contribution is 2.16. The fourth-order valence-corrected chi connectivity index (χ4v) is 1.51. The van der Waals surface area contributed by atoms with Crippen LogP contribution in [0, 0.1) is 6.92 Å². The fraction of sp³-hybridized carbons (Fsp3) is 0.125. The second-order valence-electron chi connectivity index (χ2n) is 1.96. The highest BCUT2D eigenvalue weighted by molar-refractivity contribution is 7.11. The zero-order chi connectivity index (χ0) is 7.40. The third-order valence-corrected chi connectivity index (χ3v) is 2.21. The molecular formula is C8H8OS. The van der Waals surface area contributed by atoms with E-state index in [0.29, 0.717) is 0 Å². The second kappa shape index (κ2) is 3.32. The van der Waals surface area contributed by atoms with Crippen LogP contribution in [0.3, 0.4) is 0 Å². The summed E-state index contributed by atoms with van der Waals surface area (Å²) in [5.41, 5.74) is 1.23. The van der Waals surface area contributed by atoms with Crippen molar-refractivity contribution >= 4 is 23.7 Å². The standard InChI is InChI=1S/C8H8OS/c1-7-4-6-10-8(7)3-2-5-9/h2-6H,1H3. The van der Waals surface area contributed by atoms with Gasteiger partial charge in [0.1, 0.15) is 6.29 Å². The highest BCUT2D eigenvalue weighted by atomic mass is 32.1. The first kappa shape index (κ1) is 7.22. The molecule has 0 amide bonds. The van der Waals surface area contributed by atoms with Crippen LogP contribution in [0.1, 0.15) is 10.4 Å². The van der Waals surface area contributed by atoms with Crippen molar-refractivity contribution in [2.45, 2.75) is 6.92 Å². The summed E-state index contributed by atoms with van der Waals surface area (Å²) in [7, 11) is 0. The van der Waals surface area contributed by atoms with Gasteiger partial charge in [-0.25, -0.2) is 0 Å². The van der Waals surface area contributed by atoms with E-state index in [1.807, 2.05) is 24.4 Å². The van der Waals surface area contributed by atoms with Crippen molar-refractivity contribution < 1.29 is 4.79 Å². The van der Waals surface area contributed by atoms with Gasteiger partial charge in [-0.15, -0.1) is 11.3 Å². The minimum Gasteiger partial charge on any atom is -0.299 e. The Bertz CT molecular complexity index is 248. The van der Waals surface area contributed by atoms with Crippen LogP contribution >= 0.6 is 11.3 Å². The summed E-state index contributed by atoms with van der Waals surface area (Å²) in [6.45, 7) is 2.03. The van der Waals surface area contributed by atoms with Gasteiger partial charge in [0.2, 0.25) is 0 Å². The van der Waals surface area contributed by atoms with Crippen LogP contribution in [-0.4, -0.2) is 6.29 Å². The first-order valence-electron chi connectivity index (χ1n) is 3.00. The number of carbonyl (C=O) groups is 1. The number of aryl methyl sites for hydroxylation is 1. The van der Waals surface area contributed by atoms with Gasteiger partial charge in [0.15, 0.2) is 0 Å². The van der Waals surface area contributed by atoms with Crippen molar-refractivity contribution in [3.8, 4) is 0 Å². The molecule has 0 radical (unpaired) electrons. The van der Waals surface area contributed by atoms with Crippen LogP contribution in [0.4, 0.5) is 0 Å². The lowest BCUT2D eigenvalue weighted by Gasteiger charge is -1.84. The molecule has 0 bridgehead atoms. The molecule has 52 valence electrons. The first-order chi connectivity index (χ1) is 4.84. The predicted octanol–water partition coefficient (Wildman–Crippen LogP) is 2.27. The monoisotopic (exact) mass is 152 g/mol. The number of hydrogen-bond donors (Lipinski definition) is 0. The van der Waals surface area contributed by atoms with E-state index < -0.39 is 0 Å². The Labute approximate surface area is 64.0 Å². The molecule has 1 aromatic rings. The first-order valence-corrected chi connectivity index (χ1v) is 3.88. The smallest absolute Gasteiger partial charge is 0.142 e. The molecule has 2 heteroatoms. The number of rotatable bonds is 2. The van der Waals surface area contributed by atoms with Crippen LogP contribution in [0.2, 0.25) is 0 Å². The summed E-state index contributed by atoms with van der Waals surface area (Å²) < 4.78 is 0. The van der Waals surface area contributed by atoms with Crippen molar-refractivity contribution in [2.75, 3.05) is 0 Å². The van der Waals surface area contributed by atoms with E-state index in [1.165, 1.54) is 11.6 Å². The largest absolute Gasteiger partial charge is 0.299 e. The van der Waals surface area contributed by atoms with E-state index >= 15 is 0 Å². The molecule has 0 aliphatic carbocycles. The van der Waals surface area contributed by atoms with Crippen LogP contribution in [-0.2, 0) is 4.79 Å². The maximum atomic E-state index is 9.93. The minimum atomic E-state index is 0.791. The molecule has 0 spiro atoms. The zero-order valence-electron chi connectivity index (χ0n) is 5.70. The summed E-state index contributed by atoms with van der Waals surface area (Å²) in [6.07, 6.45) is 4.13. The van der Waals surface area contributed by atoms with E-state index in [9.17, 15) is 4.79 Å². The maximum Gasteiger partial charge on any atom is 0.142 e. The average Bonchev–Trinajstić information content (AvgIpc) is 2.31. The molecule has 1 aromatic heterocycles. The molecule has 0 atom stereocenters. The fourth-order valence-electron chi connectivity index (χ4n) is 0.682. The van der Waals surface area contributed by atoms with Gasteiger partial charge in [0.05, 0.1) is 0 Å². The molecule has 0 aromatic carbocycles. The third-order valence-electron chi connectivity index (χ3n) is 1.23. The summed E-state index contributed by atoms with van der Waals surface area (Å²) in [5, 5.41) is 2.01. The second-order valence-corrected chi connectivity index (χ2v) is 2.91. The molecule has 0 aliphatic rings. The van der Waals surface area contributed by atoms with Crippen LogP contribution < -0.4 is 0 Å². The molecule has 0 fully saturated rings. The van der Waals surface area contributed by atoms with E-state index in [2.05, 4.69) is 0 Å². The van der Waals surface area contributed by atoms with Crippen molar-refractivity contribution in [3.05, 3.63) is 28.0 Å². The van der Waals surface area contributed by atoms with Gasteiger partial charge in [0, 0.05) is 4.88 Å². The Morgan fingerprint density at radius 2 is 2.40 bits per heavy atom. The quantitative estimate of drug-likeness (QED) is 0.469. The van der Waals surface area contributed by atoms with Gasteiger partial charge >= 0.3 is 0 Å². The van der Waals surface area contributed by atoms with Crippen molar-refractivity contribution in [1.82, 2.24) is 0 Å². The van der Waals surface area contributed by atoms with Gasteiger partial charge in [-0.3, -0.25) is 4.79 Å². The summed E-state index contributed by atoms with van der Waals surface area (Å²) in [4.78, 5) is 11.1. The van der Waals surface area contributed by atoms with Crippen molar-refractivity contribution in [3.63, 3.8) is 0 Å². The van der Waals surface area contributed by atoms with Crippen LogP contribution in [0.15, 0.2) is 17.5 Å². The van der Waals surface area contributed by atoms with Gasteiger partial charge in [-0.05, 0) is 36.1 Å². The molecule has 0 aliphatic heterocycles. The number of thiophene rings is 1. The topological polar surface area (TPSA) is 17.1 Å². The molecule has 0 N–H and O–H groups in total. The van der Waals surface area contributed by atoms with Gasteiger partial charge in [0.25, 0.3) is 0 Å². The van der Waals surface area contributed by atoms with E-state index in [0.717, 1.165) is 11.2 Å². The van der Waals surface area contributed by atoms with Gasteiger partial charge < -0.3 is 0 Å². The Kier molecular flexibility index (Phi) is 2.40. The predicted molar refractivity (Wildman–Crippen MR) is 44.2 cm³/mol. The lowest BCUT2D eigenvalue weighted by molar-refractivity contribution is -0.104. The lowest BCUT2D eigenvalue weighted by atomic mass is 10.3. The lowest BCUT2D eigenvalue weighted by Crippen LogP contribution is -1.66.